The second-order valence-corrected chi connectivity index (χ2v) is 12.8. The highest BCUT2D eigenvalue weighted by molar-refractivity contribution is 7.84. The van der Waals surface area contributed by atoms with Gasteiger partial charge in [0, 0.05) is 5.56 Å². The van der Waals surface area contributed by atoms with Gasteiger partial charge in [-0.1, -0.05) is 59.8 Å². The number of nitrogens with two attached hydrogens (primary N) is 1. The summed E-state index contributed by atoms with van der Waals surface area (Å²) < 4.78 is 31.0. The maximum atomic E-state index is 13.6. The summed E-state index contributed by atoms with van der Waals surface area (Å²) in [7, 11) is -3.76. The van der Waals surface area contributed by atoms with E-state index in [1.165, 1.54) is 0 Å². The molecule has 1 aromatic rings. The van der Waals surface area contributed by atoms with Crippen LogP contribution >= 0.6 is 32.4 Å². The van der Waals surface area contributed by atoms with Crippen molar-refractivity contribution in [2.24, 2.45) is 5.73 Å². The number of rotatable bonds is 7. The summed E-state index contributed by atoms with van der Waals surface area (Å²) in [4.78, 5) is -0.0520. The molecule has 1 aromatic carbocycles. The first-order valence-corrected chi connectivity index (χ1v) is 12.6. The SMILES string of the molecule is CCOP(=O)(OCC)C(C(N)=S)C1(S)Nc2cc(C(C)(C)C)cc(C(C)(C)C)c2O1. The molecule has 0 saturated carbocycles. The topological polar surface area (TPSA) is 82.8 Å². The lowest BCUT2D eigenvalue weighted by molar-refractivity contribution is 0.178. The van der Waals surface area contributed by atoms with Crippen LogP contribution in [0.15, 0.2) is 12.1 Å². The van der Waals surface area contributed by atoms with E-state index in [2.05, 4.69) is 52.9 Å². The molecule has 3 N–H and O–H groups in total. The third-order valence-electron chi connectivity index (χ3n) is 4.91. The fourth-order valence-electron chi connectivity index (χ4n) is 3.43. The molecule has 0 radical (unpaired) electrons. The van der Waals surface area contributed by atoms with Crippen molar-refractivity contribution in [1.82, 2.24) is 0 Å². The smallest absolute Gasteiger partial charge is 0.347 e. The Labute approximate surface area is 191 Å². The number of ether oxygens (including phenoxy) is 1. The molecule has 1 aliphatic rings. The fraction of sp³-hybridized carbons (Fsp3) is 0.667. The second kappa shape index (κ2) is 8.62. The van der Waals surface area contributed by atoms with E-state index in [-0.39, 0.29) is 29.0 Å². The van der Waals surface area contributed by atoms with Gasteiger partial charge in [0.1, 0.15) is 0 Å². The molecule has 1 aliphatic heterocycles. The van der Waals surface area contributed by atoms with E-state index in [9.17, 15) is 4.57 Å². The van der Waals surface area contributed by atoms with Gasteiger partial charge in [0.2, 0.25) is 5.06 Å². The molecular weight excluding hydrogens is 439 g/mol. The first-order chi connectivity index (χ1) is 13.6. The minimum Gasteiger partial charge on any atom is -0.455 e. The molecule has 2 rings (SSSR count). The Bertz CT molecular complexity index is 854. The fourth-order valence-corrected chi connectivity index (χ4v) is 6.79. The highest BCUT2D eigenvalue weighted by Gasteiger charge is 2.56. The lowest BCUT2D eigenvalue weighted by Crippen LogP contribution is -2.52. The van der Waals surface area contributed by atoms with Crippen LogP contribution in [0, 0.1) is 0 Å². The molecule has 1 heterocycles. The second-order valence-electron chi connectivity index (χ2n) is 9.50. The molecule has 0 bridgehead atoms. The molecule has 0 aliphatic carbocycles. The van der Waals surface area contributed by atoms with Crippen LogP contribution in [-0.2, 0) is 24.4 Å². The number of anilines is 1. The highest BCUT2D eigenvalue weighted by Crippen LogP contribution is 2.60. The summed E-state index contributed by atoms with van der Waals surface area (Å²) in [6.45, 7) is 16.6. The van der Waals surface area contributed by atoms with Gasteiger partial charge in [-0.3, -0.25) is 4.57 Å². The zero-order valence-electron chi connectivity index (χ0n) is 19.2. The number of hydrogen-bond acceptors (Lipinski definition) is 7. The van der Waals surface area contributed by atoms with Crippen molar-refractivity contribution in [1.29, 1.82) is 0 Å². The summed E-state index contributed by atoms with van der Waals surface area (Å²) in [6.07, 6.45) is 0. The van der Waals surface area contributed by atoms with Crippen LogP contribution in [0.3, 0.4) is 0 Å². The Morgan fingerprint density at radius 3 is 2.13 bits per heavy atom. The van der Waals surface area contributed by atoms with Crippen molar-refractivity contribution >= 4 is 43.1 Å². The predicted octanol–water partition coefficient (Wildman–Crippen LogP) is 5.59. The maximum Gasteiger partial charge on any atom is 0.347 e. The monoisotopic (exact) mass is 474 g/mol. The molecule has 0 saturated heterocycles. The minimum absolute atomic E-state index is 0.0520. The van der Waals surface area contributed by atoms with Crippen molar-refractivity contribution in [3.05, 3.63) is 23.3 Å². The van der Waals surface area contributed by atoms with Crippen molar-refractivity contribution in [3.63, 3.8) is 0 Å². The Hall–Kier alpha value is -0.790. The summed E-state index contributed by atoms with van der Waals surface area (Å²) in [5, 5.41) is 1.80. The molecule has 170 valence electrons. The van der Waals surface area contributed by atoms with Gasteiger partial charge >= 0.3 is 7.60 Å². The van der Waals surface area contributed by atoms with Gasteiger partial charge in [-0.15, -0.1) is 12.6 Å². The van der Waals surface area contributed by atoms with Crippen LogP contribution < -0.4 is 15.8 Å². The van der Waals surface area contributed by atoms with E-state index in [1.807, 2.05) is 6.07 Å². The van der Waals surface area contributed by atoms with Gasteiger partial charge in [-0.05, 0) is 36.3 Å². The molecule has 0 aromatic heterocycles. The van der Waals surface area contributed by atoms with Gasteiger partial charge in [0.25, 0.3) is 0 Å². The average molecular weight is 475 g/mol. The van der Waals surface area contributed by atoms with Crippen molar-refractivity contribution in [3.8, 4) is 5.75 Å². The van der Waals surface area contributed by atoms with E-state index >= 15 is 0 Å². The third-order valence-corrected chi connectivity index (χ3v) is 8.49. The Kier molecular flexibility index (Phi) is 7.32. The highest BCUT2D eigenvalue weighted by atomic mass is 32.1. The average Bonchev–Trinajstić information content (AvgIpc) is 2.87. The number of nitrogens with one attached hydrogen (secondary N) is 1. The van der Waals surface area contributed by atoms with Crippen LogP contribution in [0.25, 0.3) is 0 Å². The van der Waals surface area contributed by atoms with Crippen LogP contribution in [0.4, 0.5) is 5.69 Å². The predicted molar refractivity (Wildman–Crippen MR) is 131 cm³/mol. The van der Waals surface area contributed by atoms with Crippen LogP contribution in [-0.4, -0.2) is 28.9 Å². The van der Waals surface area contributed by atoms with E-state index < -0.39 is 18.3 Å². The van der Waals surface area contributed by atoms with E-state index in [4.69, 9.17) is 44.4 Å². The molecule has 0 amide bonds. The zero-order valence-corrected chi connectivity index (χ0v) is 21.8. The van der Waals surface area contributed by atoms with Crippen molar-refractivity contribution in [2.75, 3.05) is 18.5 Å². The lowest BCUT2D eigenvalue weighted by atomic mass is 9.80. The number of benzene rings is 1. The first-order valence-electron chi connectivity index (χ1n) is 10.2. The molecular formula is C21H35N2O4PS2. The summed E-state index contributed by atoms with van der Waals surface area (Å²) >= 11 is 10.0. The van der Waals surface area contributed by atoms with E-state index in [1.54, 1.807) is 13.8 Å². The largest absolute Gasteiger partial charge is 0.455 e. The van der Waals surface area contributed by atoms with Crippen molar-refractivity contribution in [2.45, 2.75) is 76.9 Å². The Morgan fingerprint density at radius 2 is 1.73 bits per heavy atom. The Balaban J connectivity index is 2.65. The molecule has 30 heavy (non-hydrogen) atoms. The summed E-state index contributed by atoms with van der Waals surface area (Å²) in [5.74, 6) is 0.645. The van der Waals surface area contributed by atoms with E-state index in [0.717, 1.165) is 16.8 Å². The Morgan fingerprint density at radius 1 is 1.20 bits per heavy atom. The van der Waals surface area contributed by atoms with Crippen LogP contribution in [0.1, 0.15) is 66.5 Å². The molecule has 9 heteroatoms. The molecule has 2 unspecified atom stereocenters. The van der Waals surface area contributed by atoms with Gasteiger partial charge in [-0.25, -0.2) is 0 Å². The first kappa shape index (κ1) is 25.5. The normalized spacial score (nSPS) is 20.3. The summed E-state index contributed by atoms with van der Waals surface area (Å²) in [5.41, 5.74) is 7.57. The minimum atomic E-state index is -3.76. The molecule has 0 spiro atoms. The number of thiol groups is 1. The third kappa shape index (κ3) is 4.99. The van der Waals surface area contributed by atoms with Gasteiger partial charge in [0.15, 0.2) is 11.4 Å². The van der Waals surface area contributed by atoms with E-state index in [0.29, 0.717) is 5.75 Å². The number of hydrogen-bond donors (Lipinski definition) is 3. The number of thiocarbonyl (C=S) groups is 1. The zero-order chi connectivity index (χ0) is 23.1. The lowest BCUT2D eigenvalue weighted by Gasteiger charge is -2.35. The standard InChI is InChI=1S/C21H35N2O4PS2/c1-9-25-28(24,26-10-2)17(18(22)29)21(30)23-15-12-13(19(3,4)5)11-14(16(15)27-21)20(6,7)8/h11-12,17,23,30H,9-10H2,1-8H3,(H2,22,29). The van der Waals surface area contributed by atoms with Gasteiger partial charge in [-0.2, -0.15) is 0 Å². The quantitative estimate of drug-likeness (QED) is 0.270. The van der Waals surface area contributed by atoms with Crippen LogP contribution in [0.2, 0.25) is 0 Å². The molecule has 0 fully saturated rings. The number of fused-ring (bicyclic) bond motifs is 1. The maximum absolute atomic E-state index is 13.6. The molecule has 6 nitrogen and oxygen atoms in total. The van der Waals surface area contributed by atoms with Crippen molar-refractivity contribution < 1.29 is 18.3 Å². The summed E-state index contributed by atoms with van der Waals surface area (Å²) in [6, 6.07) is 4.19. The van der Waals surface area contributed by atoms with Gasteiger partial charge < -0.3 is 24.8 Å². The van der Waals surface area contributed by atoms with Crippen LogP contribution in [0.5, 0.6) is 5.75 Å². The van der Waals surface area contributed by atoms with Gasteiger partial charge in [0.05, 0.1) is 23.9 Å². The molecule has 2 atom stereocenters.